The van der Waals surface area contributed by atoms with Gasteiger partial charge in [0.05, 0.1) is 5.69 Å². The second-order valence-electron chi connectivity index (χ2n) is 5.95. The summed E-state index contributed by atoms with van der Waals surface area (Å²) >= 11 is 0. The molecule has 0 atom stereocenters. The fourth-order valence-electron chi connectivity index (χ4n) is 1.99. The average Bonchev–Trinajstić information content (AvgIpc) is 2.56. The minimum atomic E-state index is 0.165. The largest absolute Gasteiger partial charge is 0.438 e. The van der Waals surface area contributed by atoms with Gasteiger partial charge < -0.3 is 10.2 Å². The molecule has 1 heterocycles. The predicted molar refractivity (Wildman–Crippen MR) is 71.1 cm³/mol. The number of rotatable bonds is 1. The van der Waals surface area contributed by atoms with Crippen molar-refractivity contribution >= 4 is 16.8 Å². The van der Waals surface area contributed by atoms with Crippen LogP contribution in [-0.2, 0) is 6.42 Å². The van der Waals surface area contributed by atoms with E-state index >= 15 is 0 Å². The van der Waals surface area contributed by atoms with E-state index in [2.05, 4.69) is 31.8 Å². The summed E-state index contributed by atoms with van der Waals surface area (Å²) in [6.07, 6.45) is 0.819. The van der Waals surface area contributed by atoms with Crippen molar-refractivity contribution in [1.29, 1.82) is 0 Å². The van der Waals surface area contributed by atoms with Crippen LogP contribution in [0.1, 0.15) is 37.8 Å². The minimum absolute atomic E-state index is 0.165. The van der Waals surface area contributed by atoms with Crippen LogP contribution in [0.15, 0.2) is 10.5 Å². The third-order valence-corrected chi connectivity index (χ3v) is 2.83. The molecule has 3 nitrogen and oxygen atoms in total. The lowest BCUT2D eigenvalue weighted by atomic mass is 9.92. The second-order valence-corrected chi connectivity index (χ2v) is 5.95. The maximum Gasteiger partial charge on any atom is 0.196 e. The smallest absolute Gasteiger partial charge is 0.196 e. The molecule has 2 rings (SSSR count). The summed E-state index contributed by atoms with van der Waals surface area (Å²) in [6.45, 7) is 10.5. The van der Waals surface area contributed by atoms with Crippen molar-refractivity contribution in [2.75, 3.05) is 5.73 Å². The van der Waals surface area contributed by atoms with E-state index in [9.17, 15) is 0 Å². The van der Waals surface area contributed by atoms with Gasteiger partial charge in [-0.25, -0.2) is 4.98 Å². The Hall–Kier alpha value is -1.51. The molecule has 0 fully saturated rings. The van der Waals surface area contributed by atoms with E-state index in [-0.39, 0.29) is 5.41 Å². The predicted octanol–water partition coefficient (Wildman–Crippen LogP) is 3.62. The molecule has 0 radical (unpaired) electrons. The lowest BCUT2D eigenvalue weighted by Gasteiger charge is -2.14. The molecule has 0 saturated heterocycles. The number of aromatic nitrogens is 1. The molecule has 0 aliphatic heterocycles. The van der Waals surface area contributed by atoms with Crippen molar-refractivity contribution in [3.63, 3.8) is 0 Å². The first kappa shape index (κ1) is 12.0. The van der Waals surface area contributed by atoms with Crippen molar-refractivity contribution in [3.05, 3.63) is 23.1 Å². The van der Waals surface area contributed by atoms with Gasteiger partial charge in [-0.3, -0.25) is 0 Å². The number of nitrogen functional groups attached to an aromatic ring is 1. The molecule has 0 amide bonds. The number of hydrogen-bond donors (Lipinski definition) is 1. The molecule has 2 N–H and O–H groups in total. The zero-order valence-electron chi connectivity index (χ0n) is 11.2. The zero-order valence-corrected chi connectivity index (χ0v) is 11.2. The fraction of sp³-hybridized carbons (Fsp3) is 0.500. The van der Waals surface area contributed by atoms with Crippen LogP contribution in [-0.4, -0.2) is 4.98 Å². The molecule has 0 unspecified atom stereocenters. The highest BCUT2D eigenvalue weighted by Crippen LogP contribution is 2.30. The van der Waals surface area contributed by atoms with Gasteiger partial charge in [0.25, 0.3) is 0 Å². The molecule has 0 aliphatic rings. The van der Waals surface area contributed by atoms with Gasteiger partial charge >= 0.3 is 0 Å². The summed E-state index contributed by atoms with van der Waals surface area (Å²) in [5.41, 5.74) is 10.7. The summed E-state index contributed by atoms with van der Waals surface area (Å²) < 4.78 is 5.80. The van der Waals surface area contributed by atoms with Gasteiger partial charge in [-0.2, -0.15) is 0 Å². The van der Waals surface area contributed by atoms with Crippen LogP contribution in [0.25, 0.3) is 11.1 Å². The summed E-state index contributed by atoms with van der Waals surface area (Å²) in [7, 11) is 0. The van der Waals surface area contributed by atoms with E-state index in [0.29, 0.717) is 5.69 Å². The highest BCUT2D eigenvalue weighted by Gasteiger charge is 2.18. The second kappa shape index (κ2) is 3.76. The Balaban J connectivity index is 2.58. The van der Waals surface area contributed by atoms with Crippen LogP contribution in [0.3, 0.4) is 0 Å². The molecule has 17 heavy (non-hydrogen) atoms. The Morgan fingerprint density at radius 2 is 1.88 bits per heavy atom. The maximum atomic E-state index is 6.03. The van der Waals surface area contributed by atoms with E-state index in [1.54, 1.807) is 0 Å². The zero-order chi connectivity index (χ0) is 12.8. The number of anilines is 1. The molecular weight excluding hydrogens is 212 g/mol. The van der Waals surface area contributed by atoms with Crippen LogP contribution >= 0.6 is 0 Å². The Morgan fingerprint density at radius 3 is 2.47 bits per heavy atom. The molecule has 0 aliphatic carbocycles. The Kier molecular flexibility index (Phi) is 2.64. The van der Waals surface area contributed by atoms with Gasteiger partial charge in [-0.1, -0.05) is 26.8 Å². The first-order valence-electron chi connectivity index (χ1n) is 5.93. The fourth-order valence-corrected chi connectivity index (χ4v) is 1.99. The Bertz CT molecular complexity index is 562. The lowest BCUT2D eigenvalue weighted by Crippen LogP contribution is -2.09. The maximum absolute atomic E-state index is 6.03. The van der Waals surface area contributed by atoms with E-state index in [4.69, 9.17) is 10.2 Å². The number of nitrogens with two attached hydrogens (primary N) is 1. The van der Waals surface area contributed by atoms with Crippen molar-refractivity contribution in [3.8, 4) is 0 Å². The number of nitrogens with zero attached hydrogens (tertiary/aromatic N) is 1. The molecule has 0 saturated carbocycles. The normalized spacial score (nSPS) is 12.3. The summed E-state index contributed by atoms with van der Waals surface area (Å²) in [5, 5.41) is 0. The summed E-state index contributed by atoms with van der Waals surface area (Å²) in [5.74, 6) is 0.771. The molecular formula is C14H20N2O. The van der Waals surface area contributed by atoms with Gasteiger partial charge in [-0.05, 0) is 30.4 Å². The lowest BCUT2D eigenvalue weighted by molar-refractivity contribution is 0.362. The molecule has 3 heteroatoms. The number of benzene rings is 1. The van der Waals surface area contributed by atoms with Gasteiger partial charge in [0, 0.05) is 6.42 Å². The molecule has 92 valence electrons. The Labute approximate surface area is 102 Å². The van der Waals surface area contributed by atoms with Gasteiger partial charge in [0.2, 0.25) is 0 Å². The van der Waals surface area contributed by atoms with E-state index in [1.165, 1.54) is 0 Å². The topological polar surface area (TPSA) is 52.0 Å². The number of fused-ring (bicyclic) bond motifs is 1. The van der Waals surface area contributed by atoms with E-state index < -0.39 is 0 Å². The third-order valence-electron chi connectivity index (χ3n) is 2.83. The summed E-state index contributed by atoms with van der Waals surface area (Å²) in [4.78, 5) is 4.55. The average molecular weight is 232 g/mol. The summed E-state index contributed by atoms with van der Waals surface area (Å²) in [6, 6.07) is 2.06. The number of aryl methyl sites for hydroxylation is 2. The molecule has 1 aromatic carbocycles. The highest BCUT2D eigenvalue weighted by atomic mass is 16.3. The highest BCUT2D eigenvalue weighted by molar-refractivity contribution is 5.89. The van der Waals surface area contributed by atoms with Crippen LogP contribution in [0.4, 0.5) is 5.69 Å². The van der Waals surface area contributed by atoms with Crippen LogP contribution in [0.5, 0.6) is 0 Å². The van der Waals surface area contributed by atoms with E-state index in [1.807, 2.05) is 13.8 Å². The van der Waals surface area contributed by atoms with Gasteiger partial charge in [-0.15, -0.1) is 0 Å². The van der Waals surface area contributed by atoms with Gasteiger partial charge in [0.15, 0.2) is 11.5 Å². The Morgan fingerprint density at radius 1 is 1.24 bits per heavy atom. The monoisotopic (exact) mass is 232 g/mol. The van der Waals surface area contributed by atoms with Crippen LogP contribution < -0.4 is 5.73 Å². The molecule has 1 aromatic heterocycles. The van der Waals surface area contributed by atoms with Crippen molar-refractivity contribution in [1.82, 2.24) is 4.98 Å². The molecule has 2 aromatic rings. The first-order valence-corrected chi connectivity index (χ1v) is 5.93. The minimum Gasteiger partial charge on any atom is -0.438 e. The number of oxazole rings is 1. The third kappa shape index (κ3) is 2.28. The van der Waals surface area contributed by atoms with Crippen LogP contribution in [0.2, 0.25) is 0 Å². The SMILES string of the molecule is Cc1cc(C)c2nc(CC(C)(C)C)oc2c1N. The molecule has 0 spiro atoms. The van der Waals surface area contributed by atoms with Crippen molar-refractivity contribution < 1.29 is 4.42 Å². The van der Waals surface area contributed by atoms with Gasteiger partial charge in [0.1, 0.15) is 5.52 Å². The molecule has 0 bridgehead atoms. The van der Waals surface area contributed by atoms with Crippen molar-refractivity contribution in [2.45, 2.75) is 41.0 Å². The number of hydrogen-bond acceptors (Lipinski definition) is 3. The first-order chi connectivity index (χ1) is 7.78. The van der Waals surface area contributed by atoms with Crippen molar-refractivity contribution in [2.24, 2.45) is 5.41 Å². The van der Waals surface area contributed by atoms with Crippen LogP contribution in [0, 0.1) is 19.3 Å². The quantitative estimate of drug-likeness (QED) is 0.764. The standard InChI is InChI=1S/C14H20N2O/c1-8-6-9(2)12-13(11(8)15)17-10(16-12)7-14(3,4)5/h6H,7,15H2,1-5H3. The van der Waals surface area contributed by atoms with E-state index in [0.717, 1.165) is 34.5 Å².